The van der Waals surface area contributed by atoms with Crippen molar-refractivity contribution in [2.45, 2.75) is 45.8 Å². The van der Waals surface area contributed by atoms with E-state index in [2.05, 4.69) is 11.4 Å². The molecule has 5 nitrogen and oxygen atoms in total. The molecule has 0 saturated heterocycles. The number of amides is 1. The lowest BCUT2D eigenvalue weighted by atomic mass is 9.89. The number of nitrogens with one attached hydrogen (secondary N) is 1. The minimum atomic E-state index is -0.383. The van der Waals surface area contributed by atoms with Crippen LogP contribution in [0.4, 0.5) is 0 Å². The SMILES string of the molecule is COc1ccc2c(c1)OC(C)(C)C[C@@H]2NC(=O)COc1cc(C)cc(C)c1. The van der Waals surface area contributed by atoms with E-state index < -0.39 is 0 Å². The summed E-state index contributed by atoms with van der Waals surface area (Å²) in [5.41, 5.74) is 2.79. The lowest BCUT2D eigenvalue weighted by Crippen LogP contribution is -2.42. The van der Waals surface area contributed by atoms with Gasteiger partial charge in [0.15, 0.2) is 6.61 Å². The van der Waals surface area contributed by atoms with Crippen LogP contribution in [0.15, 0.2) is 36.4 Å². The van der Waals surface area contributed by atoms with Crippen molar-refractivity contribution in [2.24, 2.45) is 0 Å². The molecule has 2 aromatic carbocycles. The van der Waals surface area contributed by atoms with Gasteiger partial charge in [-0.2, -0.15) is 0 Å². The Morgan fingerprint density at radius 1 is 1.15 bits per heavy atom. The lowest BCUT2D eigenvalue weighted by Gasteiger charge is -2.38. The number of methoxy groups -OCH3 is 1. The predicted octanol–water partition coefficient (Wildman–Crippen LogP) is 4.11. The summed E-state index contributed by atoms with van der Waals surface area (Å²) in [5, 5.41) is 3.08. The van der Waals surface area contributed by atoms with E-state index in [0.717, 1.165) is 28.2 Å². The summed E-state index contributed by atoms with van der Waals surface area (Å²) < 4.78 is 17.0. The quantitative estimate of drug-likeness (QED) is 0.862. The Labute approximate surface area is 160 Å². The summed E-state index contributed by atoms with van der Waals surface area (Å²) in [7, 11) is 1.62. The molecule has 2 aromatic rings. The Morgan fingerprint density at radius 3 is 2.52 bits per heavy atom. The largest absolute Gasteiger partial charge is 0.497 e. The van der Waals surface area contributed by atoms with Crippen molar-refractivity contribution in [3.8, 4) is 17.2 Å². The third-order valence-corrected chi connectivity index (χ3v) is 4.58. The second-order valence-electron chi connectivity index (χ2n) is 7.70. The number of aryl methyl sites for hydroxylation is 2. The van der Waals surface area contributed by atoms with Crippen molar-refractivity contribution in [1.29, 1.82) is 0 Å². The Balaban J connectivity index is 1.70. The number of carbonyl (C=O) groups excluding carboxylic acids is 1. The molecule has 0 spiro atoms. The van der Waals surface area contributed by atoms with Crippen LogP contribution in [0.5, 0.6) is 17.2 Å². The zero-order valence-corrected chi connectivity index (χ0v) is 16.6. The van der Waals surface area contributed by atoms with Gasteiger partial charge in [-0.15, -0.1) is 0 Å². The normalized spacial score (nSPS) is 17.4. The molecule has 0 saturated carbocycles. The molecule has 5 heteroatoms. The number of ether oxygens (including phenoxy) is 3. The molecule has 0 fully saturated rings. The molecule has 1 aliphatic rings. The third kappa shape index (κ3) is 4.73. The average Bonchev–Trinajstić information content (AvgIpc) is 2.57. The Bertz CT molecular complexity index is 824. The maximum atomic E-state index is 12.5. The molecule has 1 aliphatic heterocycles. The first kappa shape index (κ1) is 19.1. The van der Waals surface area contributed by atoms with Crippen molar-refractivity contribution in [2.75, 3.05) is 13.7 Å². The summed E-state index contributed by atoms with van der Waals surface area (Å²) in [6.45, 7) is 8.03. The molecule has 0 aliphatic carbocycles. The Hall–Kier alpha value is -2.69. The van der Waals surface area contributed by atoms with E-state index in [0.29, 0.717) is 12.2 Å². The first-order valence-corrected chi connectivity index (χ1v) is 9.13. The molecular weight excluding hydrogens is 342 g/mol. The van der Waals surface area contributed by atoms with E-state index >= 15 is 0 Å². The van der Waals surface area contributed by atoms with Gasteiger partial charge >= 0.3 is 0 Å². The first-order valence-electron chi connectivity index (χ1n) is 9.13. The standard InChI is InChI=1S/C22H27NO4/c1-14-8-15(2)10-17(9-14)26-13-21(24)23-19-12-22(3,4)27-20-11-16(25-5)6-7-18(19)20/h6-11,19H,12-13H2,1-5H3,(H,23,24)/t19-/m0/s1. The van der Waals surface area contributed by atoms with Crippen LogP contribution in [0.2, 0.25) is 0 Å². The van der Waals surface area contributed by atoms with Crippen molar-refractivity contribution in [3.63, 3.8) is 0 Å². The summed E-state index contributed by atoms with van der Waals surface area (Å²) in [6.07, 6.45) is 0.682. The molecule has 3 rings (SSSR count). The van der Waals surface area contributed by atoms with Crippen molar-refractivity contribution >= 4 is 5.91 Å². The maximum Gasteiger partial charge on any atom is 0.258 e. The fourth-order valence-corrected chi connectivity index (χ4v) is 3.49. The highest BCUT2D eigenvalue weighted by Crippen LogP contribution is 2.41. The first-order chi connectivity index (χ1) is 12.8. The molecule has 1 N–H and O–H groups in total. The monoisotopic (exact) mass is 369 g/mol. The minimum Gasteiger partial charge on any atom is -0.497 e. The summed E-state index contributed by atoms with van der Waals surface area (Å²) in [6, 6.07) is 11.5. The van der Waals surface area contributed by atoms with Crippen molar-refractivity contribution in [3.05, 3.63) is 53.1 Å². The number of benzene rings is 2. The van der Waals surface area contributed by atoms with Crippen molar-refractivity contribution in [1.82, 2.24) is 5.32 Å². The van der Waals surface area contributed by atoms with Gasteiger partial charge in [0.1, 0.15) is 22.8 Å². The van der Waals surface area contributed by atoms with E-state index in [-0.39, 0.29) is 24.2 Å². The van der Waals surface area contributed by atoms with Crippen LogP contribution in [0.25, 0.3) is 0 Å². The van der Waals surface area contributed by atoms with Crippen molar-refractivity contribution < 1.29 is 19.0 Å². The van der Waals surface area contributed by atoms with Crippen LogP contribution in [0, 0.1) is 13.8 Å². The Kier molecular flexibility index (Phi) is 5.31. The molecule has 1 atom stereocenters. The number of carbonyl (C=O) groups is 1. The third-order valence-electron chi connectivity index (χ3n) is 4.58. The lowest BCUT2D eigenvalue weighted by molar-refractivity contribution is -0.124. The van der Waals surface area contributed by atoms with E-state index in [9.17, 15) is 4.79 Å². The minimum absolute atomic E-state index is 0.0217. The van der Waals surface area contributed by atoms with Gasteiger partial charge in [-0.1, -0.05) is 6.07 Å². The van der Waals surface area contributed by atoms with Gasteiger partial charge in [0.05, 0.1) is 13.2 Å². The molecule has 1 amide bonds. The molecule has 144 valence electrons. The second kappa shape index (κ2) is 7.51. The topological polar surface area (TPSA) is 56.8 Å². The van der Waals surface area contributed by atoms with Gasteiger partial charge in [-0.05, 0) is 63.1 Å². The van der Waals surface area contributed by atoms with Gasteiger partial charge in [-0.25, -0.2) is 0 Å². The van der Waals surface area contributed by atoms with Gasteiger partial charge in [-0.3, -0.25) is 4.79 Å². The van der Waals surface area contributed by atoms with E-state index in [1.54, 1.807) is 7.11 Å². The average molecular weight is 369 g/mol. The highest BCUT2D eigenvalue weighted by molar-refractivity contribution is 5.78. The van der Waals surface area contributed by atoms with Gasteiger partial charge in [0, 0.05) is 18.1 Å². The van der Waals surface area contributed by atoms with Crippen LogP contribution in [-0.2, 0) is 4.79 Å². The zero-order valence-electron chi connectivity index (χ0n) is 16.6. The zero-order chi connectivity index (χ0) is 19.6. The molecule has 0 aromatic heterocycles. The van der Waals surface area contributed by atoms with Crippen LogP contribution in [0.1, 0.15) is 43.0 Å². The second-order valence-corrected chi connectivity index (χ2v) is 7.70. The van der Waals surface area contributed by atoms with Crippen LogP contribution >= 0.6 is 0 Å². The molecule has 1 heterocycles. The number of fused-ring (bicyclic) bond motifs is 1. The van der Waals surface area contributed by atoms with Crippen LogP contribution in [-0.4, -0.2) is 25.2 Å². The van der Waals surface area contributed by atoms with Gasteiger partial charge in [0.25, 0.3) is 5.91 Å². The molecular formula is C22H27NO4. The van der Waals surface area contributed by atoms with E-state index in [1.807, 2.05) is 58.0 Å². The van der Waals surface area contributed by atoms with E-state index in [1.165, 1.54) is 0 Å². The summed E-state index contributed by atoms with van der Waals surface area (Å²) in [4.78, 5) is 12.5. The molecule has 27 heavy (non-hydrogen) atoms. The van der Waals surface area contributed by atoms with Gasteiger partial charge in [0.2, 0.25) is 0 Å². The number of hydrogen-bond donors (Lipinski definition) is 1. The highest BCUT2D eigenvalue weighted by Gasteiger charge is 2.34. The van der Waals surface area contributed by atoms with Crippen LogP contribution in [0.3, 0.4) is 0 Å². The number of hydrogen-bond acceptors (Lipinski definition) is 4. The predicted molar refractivity (Wildman–Crippen MR) is 105 cm³/mol. The van der Waals surface area contributed by atoms with Gasteiger partial charge < -0.3 is 19.5 Å². The van der Waals surface area contributed by atoms with E-state index in [4.69, 9.17) is 14.2 Å². The smallest absolute Gasteiger partial charge is 0.258 e. The fourth-order valence-electron chi connectivity index (χ4n) is 3.49. The number of rotatable bonds is 5. The summed E-state index contributed by atoms with van der Waals surface area (Å²) >= 11 is 0. The molecule has 0 bridgehead atoms. The highest BCUT2D eigenvalue weighted by atomic mass is 16.5. The Morgan fingerprint density at radius 2 is 1.85 bits per heavy atom. The molecule has 0 unspecified atom stereocenters. The van der Waals surface area contributed by atoms with Crippen LogP contribution < -0.4 is 19.5 Å². The maximum absolute atomic E-state index is 12.5. The summed E-state index contributed by atoms with van der Waals surface area (Å²) in [5.74, 6) is 2.03. The fraction of sp³-hybridized carbons (Fsp3) is 0.409. The molecule has 0 radical (unpaired) electrons.